The van der Waals surface area contributed by atoms with Gasteiger partial charge >= 0.3 is 0 Å². The van der Waals surface area contributed by atoms with Crippen molar-refractivity contribution in [3.63, 3.8) is 0 Å². The summed E-state index contributed by atoms with van der Waals surface area (Å²) in [6, 6.07) is 5.87. The van der Waals surface area contributed by atoms with E-state index < -0.39 is 5.60 Å². The minimum atomic E-state index is -0.749. The average Bonchev–Trinajstić information content (AvgIpc) is 2.23. The van der Waals surface area contributed by atoms with E-state index in [9.17, 15) is 5.11 Å². The van der Waals surface area contributed by atoms with Gasteiger partial charge in [-0.05, 0) is 23.8 Å². The predicted octanol–water partition coefficient (Wildman–Crippen LogP) is 3.21. The largest absolute Gasteiger partial charge is 0.385 e. The molecule has 1 saturated heterocycles. The summed E-state index contributed by atoms with van der Waals surface area (Å²) in [5.74, 6) is 0. The fraction of sp³-hybridized carbons (Fsp3) is 0.455. The topological polar surface area (TPSA) is 29.5 Å². The quantitative estimate of drug-likeness (QED) is 0.854. The maximum Gasteiger partial charge on any atom is 0.0951 e. The summed E-state index contributed by atoms with van der Waals surface area (Å²) in [6.07, 6.45) is 1.31. The third kappa shape index (κ3) is 2.44. The Morgan fingerprint density at radius 2 is 1.87 bits per heavy atom. The van der Waals surface area contributed by atoms with Gasteiger partial charge in [-0.15, -0.1) is 0 Å². The predicted molar refractivity (Wildman–Crippen MR) is 65.8 cm³/mol. The van der Waals surface area contributed by atoms with E-state index in [-0.39, 0.29) is 0 Å². The third-order valence-corrected chi connectivity index (χ3v) is 3.93. The first-order chi connectivity index (χ1) is 7.12. The molecular formula is C11H12Br2O2. The molecule has 1 aliphatic rings. The highest BCUT2D eigenvalue weighted by atomic mass is 79.9. The van der Waals surface area contributed by atoms with E-state index in [2.05, 4.69) is 31.9 Å². The van der Waals surface area contributed by atoms with E-state index in [1.54, 1.807) is 0 Å². The fourth-order valence-electron chi connectivity index (χ4n) is 1.83. The van der Waals surface area contributed by atoms with Crippen molar-refractivity contribution in [1.29, 1.82) is 0 Å². The van der Waals surface area contributed by atoms with Gasteiger partial charge in [0.1, 0.15) is 0 Å². The molecule has 1 aliphatic heterocycles. The molecule has 82 valence electrons. The number of halogens is 2. The van der Waals surface area contributed by atoms with Crippen molar-refractivity contribution in [3.8, 4) is 0 Å². The first-order valence-electron chi connectivity index (χ1n) is 4.87. The maximum absolute atomic E-state index is 10.5. The Balaban J connectivity index is 2.38. The van der Waals surface area contributed by atoms with Crippen LogP contribution in [0.15, 0.2) is 27.1 Å². The monoisotopic (exact) mass is 334 g/mol. The zero-order valence-electron chi connectivity index (χ0n) is 8.17. The van der Waals surface area contributed by atoms with Gasteiger partial charge in [-0.25, -0.2) is 0 Å². The fourth-order valence-corrected chi connectivity index (χ4v) is 2.81. The molecule has 15 heavy (non-hydrogen) atoms. The lowest BCUT2D eigenvalue weighted by molar-refractivity contribution is -0.0683. The van der Waals surface area contributed by atoms with Gasteiger partial charge in [0, 0.05) is 35.0 Å². The number of rotatable bonds is 1. The molecule has 2 nitrogen and oxygen atoms in total. The lowest BCUT2D eigenvalue weighted by Gasteiger charge is -2.33. The van der Waals surface area contributed by atoms with Gasteiger partial charge in [-0.2, -0.15) is 0 Å². The Bertz CT molecular complexity index is 360. The van der Waals surface area contributed by atoms with Crippen LogP contribution < -0.4 is 0 Å². The molecule has 4 heteroatoms. The highest BCUT2D eigenvalue weighted by Gasteiger charge is 2.33. The van der Waals surface area contributed by atoms with E-state index in [0.29, 0.717) is 26.1 Å². The molecule has 1 aromatic rings. The van der Waals surface area contributed by atoms with Crippen molar-refractivity contribution >= 4 is 31.9 Å². The molecule has 1 fully saturated rings. The summed E-state index contributed by atoms with van der Waals surface area (Å²) >= 11 is 6.90. The van der Waals surface area contributed by atoms with Crippen molar-refractivity contribution < 1.29 is 9.84 Å². The molecule has 0 atom stereocenters. The molecule has 0 saturated carbocycles. The number of hydrogen-bond donors (Lipinski definition) is 1. The number of benzene rings is 1. The van der Waals surface area contributed by atoms with Crippen LogP contribution in [-0.4, -0.2) is 18.3 Å². The highest BCUT2D eigenvalue weighted by molar-refractivity contribution is 9.11. The molecule has 0 unspecified atom stereocenters. The number of aliphatic hydroxyl groups is 1. The molecular weight excluding hydrogens is 324 g/mol. The van der Waals surface area contributed by atoms with Crippen LogP contribution in [0.2, 0.25) is 0 Å². The molecule has 1 N–H and O–H groups in total. The summed E-state index contributed by atoms with van der Waals surface area (Å²) in [6.45, 7) is 1.24. The summed E-state index contributed by atoms with van der Waals surface area (Å²) in [5.41, 5.74) is 0.195. The van der Waals surface area contributed by atoms with Crippen LogP contribution in [0.4, 0.5) is 0 Å². The SMILES string of the molecule is OC1(c2cc(Br)ccc2Br)CCOCC1. The normalized spacial score (nSPS) is 20.2. The van der Waals surface area contributed by atoms with Gasteiger partial charge in [0.05, 0.1) is 5.60 Å². The van der Waals surface area contributed by atoms with Crippen LogP contribution in [0.3, 0.4) is 0 Å². The molecule has 0 aliphatic carbocycles. The number of hydrogen-bond acceptors (Lipinski definition) is 2. The minimum Gasteiger partial charge on any atom is -0.385 e. The van der Waals surface area contributed by atoms with Crippen molar-refractivity contribution in [3.05, 3.63) is 32.7 Å². The summed E-state index contributed by atoms with van der Waals surface area (Å²) in [4.78, 5) is 0. The van der Waals surface area contributed by atoms with Gasteiger partial charge in [0.25, 0.3) is 0 Å². The Morgan fingerprint density at radius 1 is 1.20 bits per heavy atom. The number of ether oxygens (including phenoxy) is 1. The van der Waals surface area contributed by atoms with E-state index in [1.807, 2.05) is 18.2 Å². The lowest BCUT2D eigenvalue weighted by Crippen LogP contribution is -2.33. The van der Waals surface area contributed by atoms with Crippen LogP contribution in [0.5, 0.6) is 0 Å². The Labute approximate surface area is 106 Å². The van der Waals surface area contributed by atoms with E-state index >= 15 is 0 Å². The van der Waals surface area contributed by atoms with Crippen LogP contribution >= 0.6 is 31.9 Å². The zero-order valence-corrected chi connectivity index (χ0v) is 11.3. The van der Waals surface area contributed by atoms with Gasteiger partial charge in [0.15, 0.2) is 0 Å². The standard InChI is InChI=1S/C11H12Br2O2/c12-8-1-2-10(13)9(7-8)11(14)3-5-15-6-4-11/h1-2,7,14H,3-6H2. The smallest absolute Gasteiger partial charge is 0.0951 e. The Morgan fingerprint density at radius 3 is 2.53 bits per heavy atom. The van der Waals surface area contributed by atoms with E-state index in [1.165, 1.54) is 0 Å². The third-order valence-electron chi connectivity index (χ3n) is 2.75. The molecule has 0 radical (unpaired) electrons. The summed E-state index contributed by atoms with van der Waals surface area (Å²) < 4.78 is 7.21. The van der Waals surface area contributed by atoms with Gasteiger partial charge in [-0.1, -0.05) is 31.9 Å². The molecule has 1 aromatic carbocycles. The molecule has 0 aromatic heterocycles. The minimum absolute atomic E-state index is 0.620. The average molecular weight is 336 g/mol. The van der Waals surface area contributed by atoms with Crippen molar-refractivity contribution in [1.82, 2.24) is 0 Å². The van der Waals surface area contributed by atoms with Gasteiger partial charge in [0.2, 0.25) is 0 Å². The molecule has 1 heterocycles. The van der Waals surface area contributed by atoms with Crippen LogP contribution in [0.25, 0.3) is 0 Å². The van der Waals surface area contributed by atoms with Crippen molar-refractivity contribution in [2.24, 2.45) is 0 Å². The zero-order chi connectivity index (χ0) is 10.9. The second-order valence-corrected chi connectivity index (χ2v) is 5.54. The second kappa shape index (κ2) is 4.53. The van der Waals surface area contributed by atoms with Crippen molar-refractivity contribution in [2.45, 2.75) is 18.4 Å². The van der Waals surface area contributed by atoms with Crippen LogP contribution in [0, 0.1) is 0 Å². The molecule has 2 rings (SSSR count). The van der Waals surface area contributed by atoms with Crippen molar-refractivity contribution in [2.75, 3.05) is 13.2 Å². The van der Waals surface area contributed by atoms with E-state index in [0.717, 1.165) is 14.5 Å². The Hall–Kier alpha value is 0.1000. The summed E-state index contributed by atoms with van der Waals surface area (Å²) in [7, 11) is 0. The second-order valence-electron chi connectivity index (χ2n) is 3.77. The molecule has 0 amide bonds. The highest BCUT2D eigenvalue weighted by Crippen LogP contribution is 2.37. The van der Waals surface area contributed by atoms with E-state index in [4.69, 9.17) is 4.74 Å². The Kier molecular flexibility index (Phi) is 3.50. The molecule has 0 spiro atoms. The van der Waals surface area contributed by atoms with Gasteiger partial charge in [-0.3, -0.25) is 0 Å². The lowest BCUT2D eigenvalue weighted by atomic mass is 9.86. The first kappa shape index (κ1) is 11.6. The first-order valence-corrected chi connectivity index (χ1v) is 6.46. The summed E-state index contributed by atoms with van der Waals surface area (Å²) in [5, 5.41) is 10.5. The molecule has 0 bridgehead atoms. The van der Waals surface area contributed by atoms with Gasteiger partial charge < -0.3 is 9.84 Å². The van der Waals surface area contributed by atoms with Crippen LogP contribution in [0.1, 0.15) is 18.4 Å². The van der Waals surface area contributed by atoms with Crippen LogP contribution in [-0.2, 0) is 10.3 Å². The maximum atomic E-state index is 10.5.